The van der Waals surface area contributed by atoms with Gasteiger partial charge in [0.25, 0.3) is 0 Å². The Balaban J connectivity index is 3.35. The van der Waals surface area contributed by atoms with Crippen molar-refractivity contribution in [2.24, 2.45) is 5.73 Å². The molecule has 5 heteroatoms. The Labute approximate surface area is 82.9 Å². The van der Waals surface area contributed by atoms with E-state index >= 15 is 0 Å². The van der Waals surface area contributed by atoms with Gasteiger partial charge in [0.2, 0.25) is 0 Å². The lowest BCUT2D eigenvalue weighted by atomic mass is 10.4. The van der Waals surface area contributed by atoms with Gasteiger partial charge in [-0.2, -0.15) is 0 Å². The van der Waals surface area contributed by atoms with Gasteiger partial charge in [-0.25, -0.2) is 4.79 Å². The minimum atomic E-state index is -0.542. The fourth-order valence-corrected chi connectivity index (χ4v) is 0.635. The van der Waals surface area contributed by atoms with Gasteiger partial charge < -0.3 is 15.2 Å². The summed E-state index contributed by atoms with van der Waals surface area (Å²) in [5.74, 6) is -0.935. The normalized spacial score (nSPS) is 9.21. The summed E-state index contributed by atoms with van der Waals surface area (Å²) in [5, 5.41) is 0. The maximum atomic E-state index is 10.9. The predicted octanol–water partition coefficient (Wildman–Crippen LogP) is -0.00230. The number of nitrogens with two attached hydrogens (primary N) is 1. The van der Waals surface area contributed by atoms with Crippen molar-refractivity contribution in [1.82, 2.24) is 0 Å². The summed E-state index contributed by atoms with van der Waals surface area (Å²) < 4.78 is 9.35. The molecule has 0 aromatic rings. The zero-order valence-corrected chi connectivity index (χ0v) is 8.03. The lowest BCUT2D eigenvalue weighted by Crippen LogP contribution is -2.13. The molecule has 0 heterocycles. The first-order chi connectivity index (χ1) is 6.70. The second-order valence-electron chi connectivity index (χ2n) is 2.48. The molecule has 5 nitrogen and oxygen atoms in total. The number of hydrogen-bond acceptors (Lipinski definition) is 5. The molecule has 0 rings (SSSR count). The summed E-state index contributed by atoms with van der Waals surface area (Å²) >= 11 is 0. The molecule has 0 unspecified atom stereocenters. The van der Waals surface area contributed by atoms with E-state index in [9.17, 15) is 9.59 Å². The van der Waals surface area contributed by atoms with E-state index in [1.54, 1.807) is 0 Å². The highest BCUT2D eigenvalue weighted by molar-refractivity contribution is 5.81. The second kappa shape index (κ2) is 8.25. The topological polar surface area (TPSA) is 78.6 Å². The van der Waals surface area contributed by atoms with Crippen LogP contribution in [-0.2, 0) is 19.1 Å². The van der Waals surface area contributed by atoms with E-state index in [1.807, 2.05) is 0 Å². The minimum absolute atomic E-state index is 0.0202. The fourth-order valence-electron chi connectivity index (χ4n) is 0.635. The maximum absolute atomic E-state index is 10.9. The van der Waals surface area contributed by atoms with Gasteiger partial charge in [-0.1, -0.05) is 6.58 Å². The SMILES string of the molecule is C=CC(=O)OCCC(=O)OCCCN. The monoisotopic (exact) mass is 201 g/mol. The highest BCUT2D eigenvalue weighted by Crippen LogP contribution is 1.90. The summed E-state index contributed by atoms with van der Waals surface area (Å²) in [6.07, 6.45) is 1.74. The Morgan fingerprint density at radius 3 is 2.57 bits per heavy atom. The lowest BCUT2D eigenvalue weighted by molar-refractivity contribution is -0.147. The van der Waals surface area contributed by atoms with Gasteiger partial charge in [-0.05, 0) is 13.0 Å². The van der Waals surface area contributed by atoms with Crippen LogP contribution in [0.2, 0.25) is 0 Å². The van der Waals surface area contributed by atoms with Gasteiger partial charge >= 0.3 is 11.9 Å². The molecule has 0 bridgehead atoms. The van der Waals surface area contributed by atoms with Crippen LogP contribution in [0, 0.1) is 0 Å². The van der Waals surface area contributed by atoms with E-state index < -0.39 is 11.9 Å². The van der Waals surface area contributed by atoms with Crippen molar-refractivity contribution in [3.63, 3.8) is 0 Å². The Morgan fingerprint density at radius 2 is 2.00 bits per heavy atom. The van der Waals surface area contributed by atoms with Crippen LogP contribution in [0.5, 0.6) is 0 Å². The van der Waals surface area contributed by atoms with Crippen molar-refractivity contribution >= 4 is 11.9 Å². The smallest absolute Gasteiger partial charge is 0.330 e. The molecule has 0 aliphatic carbocycles. The molecule has 0 atom stereocenters. The third kappa shape index (κ3) is 7.30. The molecule has 0 aromatic carbocycles. The molecule has 0 fully saturated rings. The number of carbonyl (C=O) groups is 2. The van der Waals surface area contributed by atoms with Crippen LogP contribution in [0.25, 0.3) is 0 Å². The summed E-state index contributed by atoms with van der Waals surface area (Å²) in [5.41, 5.74) is 5.20. The molecule has 0 aliphatic rings. The van der Waals surface area contributed by atoms with E-state index in [2.05, 4.69) is 11.3 Å². The van der Waals surface area contributed by atoms with Gasteiger partial charge in [0.1, 0.15) is 6.61 Å². The van der Waals surface area contributed by atoms with Crippen molar-refractivity contribution in [3.8, 4) is 0 Å². The van der Waals surface area contributed by atoms with Gasteiger partial charge in [0.05, 0.1) is 13.0 Å². The van der Waals surface area contributed by atoms with Gasteiger partial charge in [-0.15, -0.1) is 0 Å². The molecule has 14 heavy (non-hydrogen) atoms. The molecular weight excluding hydrogens is 186 g/mol. The van der Waals surface area contributed by atoms with Crippen molar-refractivity contribution in [2.75, 3.05) is 19.8 Å². The molecule has 0 saturated heterocycles. The zero-order valence-electron chi connectivity index (χ0n) is 8.03. The zero-order chi connectivity index (χ0) is 10.8. The highest BCUT2D eigenvalue weighted by atomic mass is 16.5. The quantitative estimate of drug-likeness (QED) is 0.356. The summed E-state index contributed by atoms with van der Waals surface area (Å²) in [7, 11) is 0. The number of hydrogen-bond donors (Lipinski definition) is 1. The Hall–Kier alpha value is -1.36. The molecule has 0 aromatic heterocycles. The van der Waals surface area contributed by atoms with Crippen LogP contribution in [0.1, 0.15) is 12.8 Å². The summed E-state index contributed by atoms with van der Waals surface area (Å²) in [6, 6.07) is 0. The Morgan fingerprint density at radius 1 is 1.29 bits per heavy atom. The molecule has 0 aliphatic heterocycles. The first-order valence-corrected chi connectivity index (χ1v) is 4.35. The molecule has 0 radical (unpaired) electrons. The van der Waals surface area contributed by atoms with Crippen LogP contribution >= 0.6 is 0 Å². The van der Waals surface area contributed by atoms with Crippen LogP contribution in [-0.4, -0.2) is 31.7 Å². The standard InChI is InChI=1S/C9H15NO4/c1-2-8(11)14-7-4-9(12)13-6-3-5-10/h2H,1,3-7,10H2. The Kier molecular flexibility index (Phi) is 7.45. The van der Waals surface area contributed by atoms with E-state index in [-0.39, 0.29) is 13.0 Å². The van der Waals surface area contributed by atoms with Crippen LogP contribution < -0.4 is 5.73 Å². The van der Waals surface area contributed by atoms with Gasteiger partial charge in [-0.3, -0.25) is 4.79 Å². The number of esters is 2. The van der Waals surface area contributed by atoms with Gasteiger partial charge in [0, 0.05) is 6.08 Å². The molecule has 80 valence electrons. The summed E-state index contributed by atoms with van der Waals surface area (Å²) in [4.78, 5) is 21.5. The van der Waals surface area contributed by atoms with Crippen LogP contribution in [0.15, 0.2) is 12.7 Å². The number of rotatable bonds is 7. The number of carbonyl (C=O) groups excluding carboxylic acids is 2. The summed E-state index contributed by atoms with van der Waals surface area (Å²) in [6.45, 7) is 4.03. The molecule has 0 amide bonds. The molecule has 0 spiro atoms. The molecule has 0 saturated carbocycles. The van der Waals surface area contributed by atoms with Crippen molar-refractivity contribution in [2.45, 2.75) is 12.8 Å². The van der Waals surface area contributed by atoms with Crippen molar-refractivity contribution in [1.29, 1.82) is 0 Å². The van der Waals surface area contributed by atoms with E-state index in [1.165, 1.54) is 0 Å². The van der Waals surface area contributed by atoms with E-state index in [4.69, 9.17) is 10.5 Å². The largest absolute Gasteiger partial charge is 0.466 e. The first-order valence-electron chi connectivity index (χ1n) is 4.35. The molecule has 2 N–H and O–H groups in total. The number of ether oxygens (including phenoxy) is 2. The van der Waals surface area contributed by atoms with Crippen molar-refractivity contribution in [3.05, 3.63) is 12.7 Å². The molecular formula is C9H15NO4. The minimum Gasteiger partial charge on any atom is -0.466 e. The fraction of sp³-hybridized carbons (Fsp3) is 0.556. The van der Waals surface area contributed by atoms with Crippen LogP contribution in [0.3, 0.4) is 0 Å². The maximum Gasteiger partial charge on any atom is 0.330 e. The first kappa shape index (κ1) is 12.6. The van der Waals surface area contributed by atoms with Crippen LogP contribution in [0.4, 0.5) is 0 Å². The third-order valence-corrected chi connectivity index (χ3v) is 1.33. The second-order valence-corrected chi connectivity index (χ2v) is 2.48. The Bertz CT molecular complexity index is 203. The van der Waals surface area contributed by atoms with E-state index in [0.29, 0.717) is 19.6 Å². The van der Waals surface area contributed by atoms with E-state index in [0.717, 1.165) is 6.08 Å². The van der Waals surface area contributed by atoms with Crippen molar-refractivity contribution < 1.29 is 19.1 Å². The third-order valence-electron chi connectivity index (χ3n) is 1.33. The average Bonchev–Trinajstić information content (AvgIpc) is 2.18. The van der Waals surface area contributed by atoms with Gasteiger partial charge in [0.15, 0.2) is 0 Å². The average molecular weight is 201 g/mol. The highest BCUT2D eigenvalue weighted by Gasteiger charge is 2.03. The predicted molar refractivity (Wildman–Crippen MR) is 50.4 cm³/mol. The lowest BCUT2D eigenvalue weighted by Gasteiger charge is -2.03.